The number of hydrogen-bond donors (Lipinski definition) is 2. The highest BCUT2D eigenvalue weighted by Crippen LogP contribution is 2.30. The third-order valence-electron chi connectivity index (χ3n) is 4.75. The molecule has 2 heteroatoms. The minimum absolute atomic E-state index is 0.472. The average molecular weight is 224 g/mol. The highest BCUT2D eigenvalue weighted by Gasteiger charge is 2.30. The van der Waals surface area contributed by atoms with Crippen molar-refractivity contribution in [1.82, 2.24) is 5.32 Å². The Hall–Kier alpha value is -0.0800. The van der Waals surface area contributed by atoms with Gasteiger partial charge >= 0.3 is 0 Å². The van der Waals surface area contributed by atoms with E-state index in [2.05, 4.69) is 19.2 Å². The molecule has 2 fully saturated rings. The monoisotopic (exact) mass is 224 g/mol. The van der Waals surface area contributed by atoms with Crippen LogP contribution in [-0.2, 0) is 0 Å². The lowest BCUT2D eigenvalue weighted by Crippen LogP contribution is -2.49. The maximum absolute atomic E-state index is 5.96. The molecule has 2 atom stereocenters. The molecule has 0 radical (unpaired) electrons. The predicted molar refractivity (Wildman–Crippen MR) is 69.3 cm³/mol. The zero-order valence-corrected chi connectivity index (χ0v) is 10.9. The Morgan fingerprint density at radius 3 is 2.00 bits per heavy atom. The summed E-state index contributed by atoms with van der Waals surface area (Å²) < 4.78 is 0. The lowest BCUT2D eigenvalue weighted by molar-refractivity contribution is 0.176. The second kappa shape index (κ2) is 5.50. The summed E-state index contributed by atoms with van der Waals surface area (Å²) in [7, 11) is 0. The van der Waals surface area contributed by atoms with Crippen molar-refractivity contribution < 1.29 is 0 Å². The van der Waals surface area contributed by atoms with Crippen LogP contribution in [0, 0.1) is 11.8 Å². The van der Waals surface area contributed by atoms with E-state index in [0.717, 1.165) is 23.9 Å². The lowest BCUT2D eigenvalue weighted by atomic mass is 9.77. The Morgan fingerprint density at radius 1 is 0.875 bits per heavy atom. The minimum atomic E-state index is 0.472. The molecule has 0 heterocycles. The molecule has 16 heavy (non-hydrogen) atoms. The number of nitrogens with one attached hydrogen (secondary N) is 1. The van der Waals surface area contributed by atoms with Gasteiger partial charge in [-0.25, -0.2) is 0 Å². The molecule has 0 aromatic carbocycles. The van der Waals surface area contributed by atoms with Crippen molar-refractivity contribution in [2.75, 3.05) is 0 Å². The van der Waals surface area contributed by atoms with E-state index in [1.165, 1.54) is 44.9 Å². The van der Waals surface area contributed by atoms with Crippen LogP contribution in [0.5, 0.6) is 0 Å². The number of hydrogen-bond acceptors (Lipinski definition) is 2. The molecule has 2 aliphatic rings. The van der Waals surface area contributed by atoms with Crippen LogP contribution in [0.4, 0.5) is 0 Å². The van der Waals surface area contributed by atoms with Crippen molar-refractivity contribution >= 4 is 0 Å². The molecule has 2 nitrogen and oxygen atoms in total. The largest absolute Gasteiger partial charge is 0.328 e. The van der Waals surface area contributed by atoms with Gasteiger partial charge in [0.2, 0.25) is 0 Å². The average Bonchev–Trinajstić information content (AvgIpc) is 2.26. The quantitative estimate of drug-likeness (QED) is 0.757. The van der Waals surface area contributed by atoms with Crippen LogP contribution >= 0.6 is 0 Å². The van der Waals surface area contributed by atoms with Crippen LogP contribution < -0.4 is 11.1 Å². The second-order valence-corrected chi connectivity index (χ2v) is 6.19. The minimum Gasteiger partial charge on any atom is -0.328 e. The fourth-order valence-electron chi connectivity index (χ4n) is 3.57. The van der Waals surface area contributed by atoms with Crippen molar-refractivity contribution in [3.05, 3.63) is 0 Å². The summed E-state index contributed by atoms with van der Waals surface area (Å²) in [5.74, 6) is 1.72. The molecule has 2 rings (SSSR count). The van der Waals surface area contributed by atoms with Gasteiger partial charge in [-0.3, -0.25) is 0 Å². The SMILES string of the molecule is CC1CCCC(C)C1NC1CCC(N)CC1. The van der Waals surface area contributed by atoms with E-state index in [0.29, 0.717) is 6.04 Å². The fourth-order valence-corrected chi connectivity index (χ4v) is 3.57. The first-order valence-electron chi connectivity index (χ1n) is 7.18. The third kappa shape index (κ3) is 2.98. The van der Waals surface area contributed by atoms with E-state index in [1.54, 1.807) is 0 Å². The molecule has 0 aliphatic heterocycles. The summed E-state index contributed by atoms with van der Waals surface area (Å²) in [4.78, 5) is 0. The molecule has 2 unspecified atom stereocenters. The van der Waals surface area contributed by atoms with Crippen LogP contribution in [0.2, 0.25) is 0 Å². The molecule has 2 aliphatic carbocycles. The van der Waals surface area contributed by atoms with E-state index >= 15 is 0 Å². The second-order valence-electron chi connectivity index (χ2n) is 6.19. The zero-order chi connectivity index (χ0) is 11.5. The van der Waals surface area contributed by atoms with E-state index < -0.39 is 0 Å². The molecule has 0 amide bonds. The van der Waals surface area contributed by atoms with Gasteiger partial charge in [0, 0.05) is 18.1 Å². The van der Waals surface area contributed by atoms with Crippen LogP contribution in [-0.4, -0.2) is 18.1 Å². The van der Waals surface area contributed by atoms with Gasteiger partial charge in [-0.2, -0.15) is 0 Å². The maximum Gasteiger partial charge on any atom is 0.0121 e. The number of rotatable bonds is 2. The Labute approximate surface area is 100 Å². The molecular formula is C14H28N2. The molecule has 0 saturated heterocycles. The fraction of sp³-hybridized carbons (Fsp3) is 1.00. The molecule has 2 saturated carbocycles. The molecule has 0 spiro atoms. The standard InChI is InChI=1S/C14H28N2/c1-10-4-3-5-11(2)14(10)16-13-8-6-12(15)7-9-13/h10-14,16H,3-9,15H2,1-2H3. The third-order valence-corrected chi connectivity index (χ3v) is 4.75. The van der Waals surface area contributed by atoms with Gasteiger partial charge in [0.25, 0.3) is 0 Å². The van der Waals surface area contributed by atoms with Gasteiger partial charge in [-0.05, 0) is 50.4 Å². The molecular weight excluding hydrogens is 196 g/mol. The number of nitrogens with two attached hydrogens (primary N) is 1. The van der Waals surface area contributed by atoms with E-state index in [1.807, 2.05) is 0 Å². The summed E-state index contributed by atoms with van der Waals surface area (Å²) >= 11 is 0. The van der Waals surface area contributed by atoms with Gasteiger partial charge in [0.15, 0.2) is 0 Å². The van der Waals surface area contributed by atoms with Crippen LogP contribution in [0.15, 0.2) is 0 Å². The summed E-state index contributed by atoms with van der Waals surface area (Å²) in [6.07, 6.45) is 9.26. The molecule has 0 aromatic rings. The predicted octanol–water partition coefficient (Wildman–Crippen LogP) is 2.67. The maximum atomic E-state index is 5.96. The topological polar surface area (TPSA) is 38.0 Å². The Kier molecular flexibility index (Phi) is 4.26. The van der Waals surface area contributed by atoms with Crippen molar-refractivity contribution in [2.24, 2.45) is 17.6 Å². The molecule has 0 bridgehead atoms. The summed E-state index contributed by atoms with van der Waals surface area (Å²) in [5.41, 5.74) is 5.96. The summed E-state index contributed by atoms with van der Waals surface area (Å²) in [6, 6.07) is 1.97. The Bertz CT molecular complexity index is 199. The molecule has 94 valence electrons. The molecule has 3 N–H and O–H groups in total. The lowest BCUT2D eigenvalue weighted by Gasteiger charge is -2.39. The normalized spacial score (nSPS) is 45.6. The van der Waals surface area contributed by atoms with Crippen molar-refractivity contribution in [1.29, 1.82) is 0 Å². The van der Waals surface area contributed by atoms with Gasteiger partial charge in [0.1, 0.15) is 0 Å². The highest BCUT2D eigenvalue weighted by atomic mass is 15.0. The van der Waals surface area contributed by atoms with Gasteiger partial charge in [-0.1, -0.05) is 20.3 Å². The highest BCUT2D eigenvalue weighted by molar-refractivity contribution is 4.88. The van der Waals surface area contributed by atoms with Gasteiger partial charge in [0.05, 0.1) is 0 Å². The van der Waals surface area contributed by atoms with Crippen molar-refractivity contribution in [2.45, 2.75) is 76.9 Å². The van der Waals surface area contributed by atoms with Crippen LogP contribution in [0.1, 0.15) is 58.8 Å². The van der Waals surface area contributed by atoms with E-state index in [9.17, 15) is 0 Å². The van der Waals surface area contributed by atoms with Crippen molar-refractivity contribution in [3.8, 4) is 0 Å². The Balaban J connectivity index is 1.83. The first kappa shape index (κ1) is 12.4. The summed E-state index contributed by atoms with van der Waals surface area (Å²) in [5, 5.41) is 3.92. The van der Waals surface area contributed by atoms with Gasteiger partial charge < -0.3 is 11.1 Å². The van der Waals surface area contributed by atoms with E-state index in [-0.39, 0.29) is 0 Å². The van der Waals surface area contributed by atoms with Crippen LogP contribution in [0.25, 0.3) is 0 Å². The first-order chi connectivity index (χ1) is 7.66. The smallest absolute Gasteiger partial charge is 0.0121 e. The first-order valence-corrected chi connectivity index (χ1v) is 7.18. The summed E-state index contributed by atoms with van der Waals surface area (Å²) in [6.45, 7) is 4.84. The zero-order valence-electron chi connectivity index (χ0n) is 10.9. The van der Waals surface area contributed by atoms with E-state index in [4.69, 9.17) is 5.73 Å². The molecule has 0 aromatic heterocycles. The van der Waals surface area contributed by atoms with Gasteiger partial charge in [-0.15, -0.1) is 0 Å². The Morgan fingerprint density at radius 2 is 1.44 bits per heavy atom. The van der Waals surface area contributed by atoms with Crippen LogP contribution in [0.3, 0.4) is 0 Å². The van der Waals surface area contributed by atoms with Crippen molar-refractivity contribution in [3.63, 3.8) is 0 Å².